The van der Waals surface area contributed by atoms with Gasteiger partial charge in [-0.1, -0.05) is 12.1 Å². The van der Waals surface area contributed by atoms with Crippen molar-refractivity contribution in [2.24, 2.45) is 0 Å². The summed E-state index contributed by atoms with van der Waals surface area (Å²) < 4.78 is 4.92. The Morgan fingerprint density at radius 2 is 2.19 bits per heavy atom. The molecule has 0 unspecified atom stereocenters. The summed E-state index contributed by atoms with van der Waals surface area (Å²) >= 11 is 0. The van der Waals surface area contributed by atoms with Crippen LogP contribution < -0.4 is 0 Å². The third-order valence-electron chi connectivity index (χ3n) is 2.35. The number of rotatable bonds is 2. The molecule has 0 saturated carbocycles. The summed E-state index contributed by atoms with van der Waals surface area (Å²) in [7, 11) is 0. The van der Waals surface area contributed by atoms with Gasteiger partial charge in [0, 0.05) is 11.6 Å². The van der Waals surface area contributed by atoms with Crippen molar-refractivity contribution in [1.82, 2.24) is 4.98 Å². The van der Waals surface area contributed by atoms with E-state index in [0.717, 1.165) is 16.5 Å². The minimum atomic E-state index is -0.322. The maximum atomic E-state index is 11.5. The van der Waals surface area contributed by atoms with Crippen LogP contribution >= 0.6 is 0 Å². The number of carbonyl (C=O) groups excluding carboxylic acids is 1. The van der Waals surface area contributed by atoms with E-state index < -0.39 is 0 Å². The van der Waals surface area contributed by atoms with Crippen molar-refractivity contribution in [3.63, 3.8) is 0 Å². The molecule has 0 aliphatic carbocycles. The molecular weight excluding hydrogens is 202 g/mol. The molecular formula is C13H13NO2. The lowest BCUT2D eigenvalue weighted by atomic mass is 10.1. The zero-order valence-electron chi connectivity index (χ0n) is 9.36. The van der Waals surface area contributed by atoms with Gasteiger partial charge < -0.3 is 4.74 Å². The average molecular weight is 215 g/mol. The van der Waals surface area contributed by atoms with Crippen LogP contribution in [0.4, 0.5) is 0 Å². The first kappa shape index (κ1) is 10.6. The number of hydrogen-bond acceptors (Lipinski definition) is 3. The maximum Gasteiger partial charge on any atom is 0.339 e. The molecule has 2 aromatic rings. The Hall–Kier alpha value is -1.90. The van der Waals surface area contributed by atoms with Crippen LogP contribution in [0.5, 0.6) is 0 Å². The predicted molar refractivity (Wildman–Crippen MR) is 62.4 cm³/mol. The topological polar surface area (TPSA) is 39.2 Å². The molecule has 82 valence electrons. The Kier molecular flexibility index (Phi) is 2.86. The van der Waals surface area contributed by atoms with E-state index in [0.29, 0.717) is 12.2 Å². The summed E-state index contributed by atoms with van der Waals surface area (Å²) in [6.07, 6.45) is 1.56. The highest BCUT2D eigenvalue weighted by molar-refractivity contribution is 5.93. The number of hydrogen-bond donors (Lipinski definition) is 0. The molecule has 0 aliphatic rings. The molecule has 0 radical (unpaired) electrons. The number of pyridine rings is 1. The second-order valence-corrected chi connectivity index (χ2v) is 3.64. The predicted octanol–water partition coefficient (Wildman–Crippen LogP) is 2.72. The first-order chi connectivity index (χ1) is 7.70. The molecule has 1 aromatic carbocycles. The Bertz CT molecular complexity index is 534. The SMILES string of the molecule is CCOC(=O)c1cnc2cc(C)ccc2c1. The number of esters is 1. The van der Waals surface area contributed by atoms with Crippen molar-refractivity contribution < 1.29 is 9.53 Å². The number of aryl methyl sites for hydroxylation is 1. The van der Waals surface area contributed by atoms with Gasteiger partial charge in [0.15, 0.2) is 0 Å². The van der Waals surface area contributed by atoms with E-state index in [1.165, 1.54) is 0 Å². The molecule has 0 amide bonds. The molecule has 0 aliphatic heterocycles. The molecule has 1 aromatic heterocycles. The summed E-state index contributed by atoms with van der Waals surface area (Å²) in [5.41, 5.74) is 2.55. The largest absolute Gasteiger partial charge is 0.462 e. The molecule has 0 atom stereocenters. The fraction of sp³-hybridized carbons (Fsp3) is 0.231. The third kappa shape index (κ3) is 2.03. The van der Waals surface area contributed by atoms with Crippen LogP contribution in [0.1, 0.15) is 22.8 Å². The number of fused-ring (bicyclic) bond motifs is 1. The molecule has 3 nitrogen and oxygen atoms in total. The fourth-order valence-electron chi connectivity index (χ4n) is 1.56. The molecule has 0 spiro atoms. The van der Waals surface area contributed by atoms with E-state index in [4.69, 9.17) is 4.74 Å². The first-order valence-electron chi connectivity index (χ1n) is 5.24. The summed E-state index contributed by atoms with van der Waals surface area (Å²) in [6, 6.07) is 7.75. The van der Waals surface area contributed by atoms with Gasteiger partial charge in [-0.05, 0) is 31.5 Å². The Morgan fingerprint density at radius 3 is 2.94 bits per heavy atom. The second-order valence-electron chi connectivity index (χ2n) is 3.64. The zero-order valence-corrected chi connectivity index (χ0v) is 9.36. The number of carbonyl (C=O) groups is 1. The van der Waals surface area contributed by atoms with Crippen molar-refractivity contribution in [2.45, 2.75) is 13.8 Å². The molecule has 3 heteroatoms. The maximum absolute atomic E-state index is 11.5. The summed E-state index contributed by atoms with van der Waals surface area (Å²) in [5, 5.41) is 0.955. The summed E-state index contributed by atoms with van der Waals surface area (Å²) in [5.74, 6) is -0.322. The quantitative estimate of drug-likeness (QED) is 0.723. The average Bonchev–Trinajstić information content (AvgIpc) is 2.28. The van der Waals surface area contributed by atoms with Crippen LogP contribution in [0.2, 0.25) is 0 Å². The van der Waals surface area contributed by atoms with Crippen molar-refractivity contribution in [1.29, 1.82) is 0 Å². The molecule has 1 heterocycles. The standard InChI is InChI=1S/C13H13NO2/c1-3-16-13(15)11-7-10-5-4-9(2)6-12(10)14-8-11/h4-8H,3H2,1-2H3. The smallest absolute Gasteiger partial charge is 0.339 e. The van der Waals surface area contributed by atoms with Crippen molar-refractivity contribution in [3.8, 4) is 0 Å². The minimum absolute atomic E-state index is 0.322. The molecule has 16 heavy (non-hydrogen) atoms. The molecule has 0 bridgehead atoms. The van der Waals surface area contributed by atoms with E-state index in [9.17, 15) is 4.79 Å². The Balaban J connectivity index is 2.44. The second kappa shape index (κ2) is 4.31. The van der Waals surface area contributed by atoms with Crippen LogP contribution in [-0.2, 0) is 4.74 Å². The lowest BCUT2D eigenvalue weighted by Gasteiger charge is -2.03. The van der Waals surface area contributed by atoms with E-state index >= 15 is 0 Å². The highest BCUT2D eigenvalue weighted by Crippen LogP contribution is 2.15. The number of aromatic nitrogens is 1. The van der Waals surface area contributed by atoms with Gasteiger partial charge in [-0.2, -0.15) is 0 Å². The number of nitrogens with zero attached hydrogens (tertiary/aromatic N) is 1. The highest BCUT2D eigenvalue weighted by atomic mass is 16.5. The normalized spacial score (nSPS) is 10.4. The Labute approximate surface area is 94.1 Å². The van der Waals surface area contributed by atoms with Gasteiger partial charge in [-0.25, -0.2) is 4.79 Å². The Morgan fingerprint density at radius 1 is 1.38 bits per heavy atom. The molecule has 0 saturated heterocycles. The van der Waals surface area contributed by atoms with Gasteiger partial charge in [0.1, 0.15) is 0 Å². The highest BCUT2D eigenvalue weighted by Gasteiger charge is 2.07. The van der Waals surface area contributed by atoms with Crippen LogP contribution in [0.15, 0.2) is 30.5 Å². The van der Waals surface area contributed by atoms with E-state index in [1.807, 2.05) is 25.1 Å². The fourth-order valence-corrected chi connectivity index (χ4v) is 1.56. The number of ether oxygens (including phenoxy) is 1. The van der Waals surface area contributed by atoms with Crippen LogP contribution in [0, 0.1) is 6.92 Å². The van der Waals surface area contributed by atoms with Gasteiger partial charge in [0.2, 0.25) is 0 Å². The molecule has 2 rings (SSSR count). The van der Waals surface area contributed by atoms with Crippen LogP contribution in [0.25, 0.3) is 10.9 Å². The third-order valence-corrected chi connectivity index (χ3v) is 2.35. The van der Waals surface area contributed by atoms with E-state index in [-0.39, 0.29) is 5.97 Å². The van der Waals surface area contributed by atoms with Crippen molar-refractivity contribution in [2.75, 3.05) is 6.61 Å². The summed E-state index contributed by atoms with van der Waals surface area (Å²) in [6.45, 7) is 4.18. The first-order valence-corrected chi connectivity index (χ1v) is 5.24. The summed E-state index contributed by atoms with van der Waals surface area (Å²) in [4.78, 5) is 15.7. The van der Waals surface area contributed by atoms with E-state index in [1.54, 1.807) is 19.2 Å². The van der Waals surface area contributed by atoms with E-state index in [2.05, 4.69) is 4.98 Å². The minimum Gasteiger partial charge on any atom is -0.462 e. The zero-order chi connectivity index (χ0) is 11.5. The lowest BCUT2D eigenvalue weighted by Crippen LogP contribution is -2.04. The van der Waals surface area contributed by atoms with Gasteiger partial charge in [0.05, 0.1) is 17.7 Å². The van der Waals surface area contributed by atoms with Crippen molar-refractivity contribution >= 4 is 16.9 Å². The lowest BCUT2D eigenvalue weighted by molar-refractivity contribution is 0.0526. The van der Waals surface area contributed by atoms with Crippen LogP contribution in [-0.4, -0.2) is 17.6 Å². The monoisotopic (exact) mass is 215 g/mol. The van der Waals surface area contributed by atoms with Gasteiger partial charge in [0.25, 0.3) is 0 Å². The van der Waals surface area contributed by atoms with Gasteiger partial charge in [-0.3, -0.25) is 4.98 Å². The van der Waals surface area contributed by atoms with Crippen LogP contribution in [0.3, 0.4) is 0 Å². The van der Waals surface area contributed by atoms with Crippen molar-refractivity contribution in [3.05, 3.63) is 41.6 Å². The van der Waals surface area contributed by atoms with Gasteiger partial charge in [-0.15, -0.1) is 0 Å². The number of benzene rings is 1. The molecule has 0 fully saturated rings. The molecule has 0 N–H and O–H groups in total. The van der Waals surface area contributed by atoms with Gasteiger partial charge >= 0.3 is 5.97 Å².